The SMILES string of the molecule is O=P12Oc3oc4cccc(c4c3O1)O2. The van der Waals surface area contributed by atoms with Gasteiger partial charge in [0.2, 0.25) is 5.75 Å². The summed E-state index contributed by atoms with van der Waals surface area (Å²) in [5, 5.41) is 0.687. The number of phosphoric ester groups is 1. The van der Waals surface area contributed by atoms with Crippen LogP contribution >= 0.6 is 7.82 Å². The first-order valence-corrected chi connectivity index (χ1v) is 5.46. The predicted molar refractivity (Wildman–Crippen MR) is 45.7 cm³/mol. The third-order valence-corrected chi connectivity index (χ3v) is 3.43. The maximum absolute atomic E-state index is 11.7. The second-order valence-corrected chi connectivity index (χ2v) is 4.51. The van der Waals surface area contributed by atoms with E-state index in [1.54, 1.807) is 18.2 Å². The monoisotopic (exact) mass is 210 g/mol. The number of hydrogen-bond donors (Lipinski definition) is 0. The molecule has 5 nitrogen and oxygen atoms in total. The van der Waals surface area contributed by atoms with Crippen molar-refractivity contribution in [2.24, 2.45) is 0 Å². The van der Waals surface area contributed by atoms with Crippen molar-refractivity contribution in [2.45, 2.75) is 0 Å². The highest BCUT2D eigenvalue weighted by Gasteiger charge is 2.49. The van der Waals surface area contributed by atoms with Crippen molar-refractivity contribution in [1.82, 2.24) is 0 Å². The number of furan rings is 1. The van der Waals surface area contributed by atoms with Crippen molar-refractivity contribution in [2.75, 3.05) is 0 Å². The lowest BCUT2D eigenvalue weighted by Crippen LogP contribution is -2.04. The smallest absolute Gasteiger partial charge is 0.422 e. The van der Waals surface area contributed by atoms with Gasteiger partial charge in [0.15, 0.2) is 0 Å². The van der Waals surface area contributed by atoms with E-state index in [1.807, 2.05) is 0 Å². The quantitative estimate of drug-likeness (QED) is 0.625. The first-order valence-electron chi connectivity index (χ1n) is 3.99. The summed E-state index contributed by atoms with van der Waals surface area (Å²) < 4.78 is 32.0. The Kier molecular flexibility index (Phi) is 0.856. The van der Waals surface area contributed by atoms with Crippen molar-refractivity contribution in [3.63, 3.8) is 0 Å². The van der Waals surface area contributed by atoms with Gasteiger partial charge in [-0.3, -0.25) is 0 Å². The lowest BCUT2D eigenvalue weighted by atomic mass is 10.2. The van der Waals surface area contributed by atoms with E-state index in [0.29, 0.717) is 22.5 Å². The summed E-state index contributed by atoms with van der Waals surface area (Å²) in [7, 11) is -3.46. The van der Waals surface area contributed by atoms with Crippen molar-refractivity contribution in [1.29, 1.82) is 0 Å². The van der Waals surface area contributed by atoms with E-state index in [0.717, 1.165) is 0 Å². The molecule has 1 aromatic heterocycles. The Balaban J connectivity index is 2.29. The van der Waals surface area contributed by atoms with Crippen molar-refractivity contribution < 1.29 is 22.6 Å². The summed E-state index contributed by atoms with van der Waals surface area (Å²) in [6.07, 6.45) is 0. The summed E-state index contributed by atoms with van der Waals surface area (Å²) in [4.78, 5) is 0. The van der Waals surface area contributed by atoms with Crippen LogP contribution in [0, 0.1) is 0 Å². The number of benzene rings is 1. The van der Waals surface area contributed by atoms with Crippen molar-refractivity contribution in [3.8, 4) is 17.4 Å². The molecule has 6 heteroatoms. The molecule has 1 unspecified atom stereocenters. The standard InChI is InChI=1S/C8H3O5P/c9-14-11-5-3-1-2-4-6(5)7(12-14)8(10-4)13-14/h1-3H. The molecule has 2 aliphatic heterocycles. The fraction of sp³-hybridized carbons (Fsp3) is 0. The van der Waals surface area contributed by atoms with E-state index in [4.69, 9.17) is 18.0 Å². The van der Waals surface area contributed by atoms with Gasteiger partial charge >= 0.3 is 13.8 Å². The van der Waals surface area contributed by atoms with Gasteiger partial charge in [-0.25, -0.2) is 0 Å². The van der Waals surface area contributed by atoms with Crippen LogP contribution in [-0.2, 0) is 4.57 Å². The molecule has 0 radical (unpaired) electrons. The van der Waals surface area contributed by atoms with Crippen LogP contribution in [0.3, 0.4) is 0 Å². The normalized spacial score (nSPS) is 26.0. The summed E-state index contributed by atoms with van der Waals surface area (Å²) in [5.41, 5.74) is 0.610. The highest BCUT2D eigenvalue weighted by atomic mass is 31.2. The molecule has 4 rings (SSSR count). The molecule has 3 heterocycles. The second kappa shape index (κ2) is 1.77. The Bertz CT molecular complexity index is 613. The van der Waals surface area contributed by atoms with E-state index in [1.165, 1.54) is 0 Å². The minimum atomic E-state index is -3.46. The van der Waals surface area contributed by atoms with Gasteiger partial charge in [0, 0.05) is 0 Å². The Morgan fingerprint density at radius 2 is 2.07 bits per heavy atom. The average molecular weight is 210 g/mol. The van der Waals surface area contributed by atoms with Gasteiger partial charge in [-0.05, 0) is 12.1 Å². The Morgan fingerprint density at radius 1 is 1.14 bits per heavy atom. The molecule has 0 fully saturated rings. The van der Waals surface area contributed by atoms with E-state index in [-0.39, 0.29) is 5.95 Å². The molecule has 0 amide bonds. The highest BCUT2D eigenvalue weighted by molar-refractivity contribution is 7.50. The van der Waals surface area contributed by atoms with Crippen LogP contribution in [0.5, 0.6) is 17.4 Å². The summed E-state index contributed by atoms with van der Waals surface area (Å²) in [6.45, 7) is 0. The van der Waals surface area contributed by atoms with Gasteiger partial charge in [-0.2, -0.15) is 4.57 Å². The summed E-state index contributed by atoms with van der Waals surface area (Å²) in [6, 6.07) is 5.23. The van der Waals surface area contributed by atoms with Gasteiger partial charge in [-0.15, -0.1) is 0 Å². The molecular formula is C8H3O5P. The predicted octanol–water partition coefficient (Wildman–Crippen LogP) is 2.70. The number of rotatable bonds is 0. The van der Waals surface area contributed by atoms with Crippen LogP contribution in [0.15, 0.2) is 22.6 Å². The van der Waals surface area contributed by atoms with Gasteiger partial charge < -0.3 is 18.0 Å². The molecule has 1 atom stereocenters. The molecule has 0 saturated carbocycles. The van der Waals surface area contributed by atoms with Crippen molar-refractivity contribution in [3.05, 3.63) is 18.2 Å². The van der Waals surface area contributed by atoms with E-state index in [9.17, 15) is 4.57 Å². The largest absolute Gasteiger partial charge is 0.649 e. The van der Waals surface area contributed by atoms with Crippen LogP contribution in [0.2, 0.25) is 0 Å². The van der Waals surface area contributed by atoms with Gasteiger partial charge in [0.1, 0.15) is 16.7 Å². The van der Waals surface area contributed by atoms with Gasteiger partial charge in [0.05, 0.1) is 0 Å². The summed E-state index contributed by atoms with van der Waals surface area (Å²) >= 11 is 0. The Hall–Kier alpha value is -1.61. The molecule has 14 heavy (non-hydrogen) atoms. The Morgan fingerprint density at radius 3 is 3.00 bits per heavy atom. The zero-order valence-corrected chi connectivity index (χ0v) is 7.61. The molecular weight excluding hydrogens is 207 g/mol. The lowest BCUT2D eigenvalue weighted by molar-refractivity contribution is 0.307. The highest BCUT2D eigenvalue weighted by Crippen LogP contribution is 2.67. The van der Waals surface area contributed by atoms with Crippen LogP contribution in [0.1, 0.15) is 0 Å². The maximum Gasteiger partial charge on any atom is 0.649 e. The fourth-order valence-electron chi connectivity index (χ4n) is 1.68. The first-order chi connectivity index (χ1) is 6.75. The Labute approximate surface area is 77.8 Å². The second-order valence-electron chi connectivity index (χ2n) is 3.07. The molecule has 0 saturated heterocycles. The minimum absolute atomic E-state index is 0.147. The van der Waals surface area contributed by atoms with Crippen LogP contribution in [0.4, 0.5) is 0 Å². The molecule has 2 aromatic rings. The van der Waals surface area contributed by atoms with Crippen LogP contribution < -0.4 is 13.6 Å². The zero-order valence-electron chi connectivity index (χ0n) is 6.72. The first kappa shape index (κ1) is 6.79. The average Bonchev–Trinajstić information content (AvgIpc) is 2.55. The van der Waals surface area contributed by atoms with Gasteiger partial charge in [-0.1, -0.05) is 6.07 Å². The van der Waals surface area contributed by atoms with E-state index in [2.05, 4.69) is 0 Å². The van der Waals surface area contributed by atoms with E-state index >= 15 is 0 Å². The van der Waals surface area contributed by atoms with Gasteiger partial charge in [0.25, 0.3) is 0 Å². The molecule has 2 aliphatic rings. The molecule has 2 bridgehead atoms. The molecule has 0 spiro atoms. The van der Waals surface area contributed by atoms with Crippen molar-refractivity contribution >= 4 is 18.8 Å². The minimum Gasteiger partial charge on any atom is -0.422 e. The molecule has 1 aromatic carbocycles. The summed E-state index contributed by atoms with van der Waals surface area (Å²) in [5.74, 6) is 1.03. The third-order valence-electron chi connectivity index (χ3n) is 2.21. The number of fused-ring (bicyclic) bond motifs is 1. The van der Waals surface area contributed by atoms with Crippen LogP contribution in [0.25, 0.3) is 11.0 Å². The van der Waals surface area contributed by atoms with E-state index < -0.39 is 7.82 Å². The van der Waals surface area contributed by atoms with Crippen LogP contribution in [-0.4, -0.2) is 0 Å². The molecule has 0 N–H and O–H groups in total. The molecule has 0 aliphatic carbocycles. The third kappa shape index (κ3) is 0.590. The zero-order chi connectivity index (χ0) is 9.34. The number of phosphoric acid groups is 1. The number of hydrogen-bond acceptors (Lipinski definition) is 5. The molecule has 70 valence electrons. The topological polar surface area (TPSA) is 57.9 Å². The maximum atomic E-state index is 11.7. The lowest BCUT2D eigenvalue weighted by Gasteiger charge is -2.15. The fourth-order valence-corrected chi connectivity index (χ4v) is 2.89.